The molecule has 29 nitrogen and oxygen atoms in total. The molecular weight excluding hydrogens is 988 g/mol. The number of hydrogen-bond acceptors (Lipinski definition) is 29. The van der Waals surface area contributed by atoms with Crippen molar-refractivity contribution in [2.75, 3.05) is 37.2 Å². The Balaban J connectivity index is 0.00000320. The molecule has 6 rings (SSSR count). The molecule has 4 aromatic heterocycles. The summed E-state index contributed by atoms with van der Waals surface area (Å²) in [5.41, 5.74) is 12.1. The van der Waals surface area contributed by atoms with Crippen LogP contribution in [0.4, 0.5) is 11.6 Å². The van der Waals surface area contributed by atoms with Crippen LogP contribution in [0.2, 0.25) is 0 Å². The van der Waals surface area contributed by atoms with Crippen LogP contribution in [0.5, 0.6) is 0 Å². The van der Waals surface area contributed by atoms with Gasteiger partial charge in [0.1, 0.15) is 47.7 Å². The van der Waals surface area contributed by atoms with E-state index in [9.17, 15) is 58.3 Å². The summed E-state index contributed by atoms with van der Waals surface area (Å²) in [5, 5.41) is 42.6. The van der Waals surface area contributed by atoms with Crippen LogP contribution in [-0.2, 0) is 49.7 Å². The van der Waals surface area contributed by atoms with Gasteiger partial charge in [0.2, 0.25) is 0 Å². The van der Waals surface area contributed by atoms with E-state index in [1.807, 2.05) is 0 Å². The summed E-state index contributed by atoms with van der Waals surface area (Å²) < 4.78 is 82.0. The Kier molecular flexibility index (Phi) is 22.5. The van der Waals surface area contributed by atoms with Crippen molar-refractivity contribution in [2.24, 2.45) is 0 Å². The number of fused-ring (bicyclic) bond motifs is 2. The monoisotopic (exact) mass is 1020 g/mol. The number of ether oxygens (including phenoxy) is 2. The van der Waals surface area contributed by atoms with Crippen molar-refractivity contribution in [3.8, 4) is 0 Å². The number of aliphatic hydroxyl groups is 4. The second kappa shape index (κ2) is 23.3. The van der Waals surface area contributed by atoms with Crippen molar-refractivity contribution in [2.45, 2.75) is 59.4 Å². The molecule has 0 bridgehead atoms. The number of aliphatic hydroxyl groups excluding tert-OH is 4. The molecule has 2 aliphatic rings. The van der Waals surface area contributed by atoms with Crippen molar-refractivity contribution in [3.63, 3.8) is 0 Å². The van der Waals surface area contributed by atoms with E-state index in [-0.39, 0.29) is 163 Å². The first-order valence-electron chi connectivity index (χ1n) is 15.3. The van der Waals surface area contributed by atoms with E-state index in [4.69, 9.17) is 20.9 Å². The number of imidazole rings is 2. The predicted molar refractivity (Wildman–Crippen MR) is 180 cm³/mol. The standard InChI is InChI=1S/C22H32N10O19P4S2.4Na/c1-56-21-27-15(23)9-17(29-21)31(5-25-9)19-13(35)11(33)7(47-19)3-45-52(37,38)49-54(41,42)51-55(43,44)50-53(39,40)46-4-8-12(34)14(36)20(48-8)32-6-26-10-16(24)28-22(57-2)30-18(10)32;;;;/h5-8,11-14,19-20,33-36H,3-4H2,1-2H3,(H,37,38)(H,39,40)(H,41,42)(H,43,44)(H2,23,27,29)(H2,24,28,30);;;;/q;4*+1/p-4/t7-,8-,11-,12-,13-,14-,19-,20-;;;;/m1..../s1. The first kappa shape index (κ1) is 58.8. The molecular formula is C22H28N10Na4O19P4S2. The van der Waals surface area contributed by atoms with Gasteiger partial charge in [-0.05, 0) is 12.5 Å². The molecule has 8 N–H and O–H groups in total. The van der Waals surface area contributed by atoms with Crippen LogP contribution >= 0.6 is 54.8 Å². The molecule has 0 aromatic carbocycles. The summed E-state index contributed by atoms with van der Waals surface area (Å²) in [5.74, 6) is -0.0464. The smallest absolute Gasteiger partial charge is 0.756 e. The Morgan fingerprint density at radius 2 is 0.951 bits per heavy atom. The van der Waals surface area contributed by atoms with Gasteiger partial charge < -0.3 is 70.0 Å². The summed E-state index contributed by atoms with van der Waals surface area (Å²) in [7, 11) is -25.5. The van der Waals surface area contributed by atoms with Gasteiger partial charge in [0.25, 0.3) is 31.3 Å². The minimum absolute atomic E-state index is 0. The number of phosphoric ester groups is 2. The quantitative estimate of drug-likeness (QED) is 0.0263. The average molecular weight is 1020 g/mol. The zero-order chi connectivity index (χ0) is 41.8. The fraction of sp³-hybridized carbons (Fsp3) is 0.545. The van der Waals surface area contributed by atoms with Crippen molar-refractivity contribution in [1.29, 1.82) is 0 Å². The molecule has 0 amide bonds. The molecule has 4 unspecified atom stereocenters. The first-order valence-corrected chi connectivity index (χ1v) is 23.6. The van der Waals surface area contributed by atoms with Crippen LogP contribution in [0.1, 0.15) is 12.5 Å². The van der Waals surface area contributed by atoms with Crippen LogP contribution in [-0.4, -0.2) is 122 Å². The number of anilines is 2. The van der Waals surface area contributed by atoms with Gasteiger partial charge in [0.05, 0.1) is 25.9 Å². The van der Waals surface area contributed by atoms with Crippen LogP contribution in [0.25, 0.3) is 22.3 Å². The molecule has 61 heavy (non-hydrogen) atoms. The third-order valence-electron chi connectivity index (χ3n) is 7.84. The van der Waals surface area contributed by atoms with E-state index >= 15 is 0 Å². The Morgan fingerprint density at radius 1 is 0.623 bits per heavy atom. The van der Waals surface area contributed by atoms with Crippen molar-refractivity contribution >= 4 is 88.8 Å². The molecule has 39 heteroatoms. The van der Waals surface area contributed by atoms with Crippen molar-refractivity contribution in [1.82, 2.24) is 39.0 Å². The molecule has 2 saturated heterocycles. The second-order valence-electron chi connectivity index (χ2n) is 11.6. The van der Waals surface area contributed by atoms with Crippen LogP contribution in [0.3, 0.4) is 0 Å². The van der Waals surface area contributed by atoms with Crippen LogP contribution in [0.15, 0.2) is 23.0 Å². The topological polar surface area (TPSA) is 445 Å². The number of nitrogens with two attached hydrogens (primary N) is 2. The molecule has 0 aliphatic carbocycles. The minimum atomic E-state index is -6.61. The Morgan fingerprint density at radius 3 is 1.28 bits per heavy atom. The van der Waals surface area contributed by atoms with Gasteiger partial charge in [-0.2, -0.15) is 0 Å². The molecule has 0 spiro atoms. The van der Waals surface area contributed by atoms with Crippen LogP contribution < -0.4 is 149 Å². The van der Waals surface area contributed by atoms with Gasteiger partial charge in [-0.25, -0.2) is 42.8 Å². The number of nitrogen functional groups attached to an aromatic ring is 2. The van der Waals surface area contributed by atoms with E-state index in [1.54, 1.807) is 12.5 Å². The van der Waals surface area contributed by atoms with Crippen molar-refractivity contribution in [3.05, 3.63) is 12.7 Å². The average Bonchev–Trinajstić information content (AvgIpc) is 3.86. The number of aromatic nitrogens is 8. The molecule has 12 atom stereocenters. The largest absolute Gasteiger partial charge is 1.00 e. The molecule has 6 heterocycles. The van der Waals surface area contributed by atoms with Crippen molar-refractivity contribution < 1.29 is 208 Å². The summed E-state index contributed by atoms with van der Waals surface area (Å²) in [6, 6.07) is 0. The molecule has 2 aliphatic heterocycles. The Bertz CT molecular complexity index is 2210. The number of hydrogen-bond donors (Lipinski definition) is 6. The molecule has 4 aromatic rings. The molecule has 0 saturated carbocycles. The minimum Gasteiger partial charge on any atom is -0.756 e. The van der Waals surface area contributed by atoms with E-state index in [2.05, 4.69) is 51.9 Å². The second-order valence-corrected chi connectivity index (χ2v) is 19.2. The summed E-state index contributed by atoms with van der Waals surface area (Å²) in [6.45, 7) is -2.46. The van der Waals surface area contributed by atoms with Gasteiger partial charge in [-0.3, -0.25) is 27.4 Å². The van der Waals surface area contributed by atoms with Gasteiger partial charge >= 0.3 is 118 Å². The molecule has 2 fully saturated rings. The van der Waals surface area contributed by atoms with E-state index in [0.717, 1.165) is 45.3 Å². The van der Waals surface area contributed by atoms with E-state index in [0.29, 0.717) is 0 Å². The van der Waals surface area contributed by atoms with Crippen LogP contribution in [0, 0.1) is 0 Å². The number of phosphoric acid groups is 4. The van der Waals surface area contributed by atoms with E-state index in [1.165, 1.54) is 0 Å². The summed E-state index contributed by atoms with van der Waals surface area (Å²) in [4.78, 5) is 73.6. The maximum atomic E-state index is 12.3. The summed E-state index contributed by atoms with van der Waals surface area (Å²) >= 11 is 2.24. The number of thioether (sulfide) groups is 2. The van der Waals surface area contributed by atoms with Gasteiger partial charge in [-0.15, -0.1) is 0 Å². The van der Waals surface area contributed by atoms with Gasteiger partial charge in [-0.1, -0.05) is 23.5 Å². The fourth-order valence-corrected chi connectivity index (χ4v) is 10.8. The third-order valence-corrected chi connectivity index (χ3v) is 14.7. The zero-order valence-corrected chi connectivity index (χ0v) is 45.6. The zero-order valence-electron chi connectivity index (χ0n) is 32.4. The maximum absolute atomic E-state index is 12.3. The summed E-state index contributed by atoms with van der Waals surface area (Å²) in [6.07, 6.45) is -8.04. The first-order chi connectivity index (χ1) is 26.5. The van der Waals surface area contributed by atoms with Gasteiger partial charge in [0, 0.05) is 0 Å². The maximum Gasteiger partial charge on any atom is 1.00 e. The van der Waals surface area contributed by atoms with E-state index < -0.39 is 93.6 Å². The SMILES string of the molecule is CSc1nc(N)c2ncn([C@@H]3O[C@H](COP(=O)([O-])OP(=O)([O-])OP(=O)([O-])OP(=O)([O-])OC[C@H]4O[C@@H](n5cnc6c(N)nc(SC)nc65)[C@H](O)[C@@H]4O)[C@@H](O)[C@H]3O)c2n1.[Na+].[Na+].[Na+].[Na+]. The molecule has 316 valence electrons. The predicted octanol–water partition coefficient (Wildman–Crippen LogP) is -15.5. The molecule has 0 radical (unpaired) electrons. The Hall–Kier alpha value is 1.72. The number of rotatable bonds is 16. The fourth-order valence-electron chi connectivity index (χ4n) is 5.36. The normalized spacial score (nSPS) is 27.7. The van der Waals surface area contributed by atoms with Gasteiger partial charge in [0.15, 0.2) is 45.7 Å². The third kappa shape index (κ3) is 13.9. The number of nitrogens with zero attached hydrogens (tertiary/aromatic N) is 8. The Labute approximate surface area is 439 Å².